The second-order valence-electron chi connectivity index (χ2n) is 5.90. The molecule has 126 valence electrons. The van der Waals surface area contributed by atoms with Crippen LogP contribution in [0.2, 0.25) is 0 Å². The molecule has 24 heavy (non-hydrogen) atoms. The largest absolute Gasteiger partial charge is 0.368 e. The molecule has 0 aliphatic carbocycles. The number of nitrogens with one attached hydrogen (secondary N) is 1. The molecule has 1 N–H and O–H groups in total. The summed E-state index contributed by atoms with van der Waals surface area (Å²) in [5, 5.41) is 6.90. The van der Waals surface area contributed by atoms with Gasteiger partial charge in [-0.2, -0.15) is 5.10 Å². The van der Waals surface area contributed by atoms with Crippen molar-refractivity contribution in [3.05, 3.63) is 42.2 Å². The van der Waals surface area contributed by atoms with Crippen molar-refractivity contribution in [3.8, 4) is 0 Å². The van der Waals surface area contributed by atoms with Crippen molar-refractivity contribution < 1.29 is 9.59 Å². The first-order valence-electron chi connectivity index (χ1n) is 7.93. The van der Waals surface area contributed by atoms with E-state index in [0.717, 1.165) is 37.6 Å². The fourth-order valence-electron chi connectivity index (χ4n) is 2.80. The van der Waals surface area contributed by atoms with Gasteiger partial charge in [0.05, 0.1) is 11.8 Å². The first kappa shape index (κ1) is 16.0. The average Bonchev–Trinajstić information content (AvgIpc) is 3.02. The van der Waals surface area contributed by atoms with Gasteiger partial charge in [-0.3, -0.25) is 14.3 Å². The molecule has 2 aromatic rings. The molecule has 0 bridgehead atoms. The summed E-state index contributed by atoms with van der Waals surface area (Å²) in [6, 6.07) is 7.76. The summed E-state index contributed by atoms with van der Waals surface area (Å²) in [6.45, 7) is 4.63. The van der Waals surface area contributed by atoms with Crippen molar-refractivity contribution in [2.24, 2.45) is 7.05 Å². The highest BCUT2D eigenvalue weighted by molar-refractivity contribution is 6.04. The van der Waals surface area contributed by atoms with Gasteiger partial charge >= 0.3 is 0 Å². The second-order valence-corrected chi connectivity index (χ2v) is 5.90. The summed E-state index contributed by atoms with van der Waals surface area (Å²) in [7, 11) is 1.78. The van der Waals surface area contributed by atoms with Crippen molar-refractivity contribution in [1.29, 1.82) is 0 Å². The molecule has 0 atom stereocenters. The summed E-state index contributed by atoms with van der Waals surface area (Å²) in [5.74, 6) is -0.0613. The van der Waals surface area contributed by atoms with Gasteiger partial charge in [-0.1, -0.05) is 6.07 Å². The molecule has 1 aromatic heterocycles. The van der Waals surface area contributed by atoms with Crippen LogP contribution in [0.1, 0.15) is 17.3 Å². The molecule has 7 heteroatoms. The van der Waals surface area contributed by atoms with Crippen molar-refractivity contribution in [1.82, 2.24) is 14.7 Å². The van der Waals surface area contributed by atoms with Crippen LogP contribution in [0.15, 0.2) is 36.7 Å². The summed E-state index contributed by atoms with van der Waals surface area (Å²) in [4.78, 5) is 27.7. The number of carbonyl (C=O) groups is 2. The number of hydrogen-bond acceptors (Lipinski definition) is 4. The first-order valence-corrected chi connectivity index (χ1v) is 7.93. The van der Waals surface area contributed by atoms with Crippen LogP contribution in [0.5, 0.6) is 0 Å². The number of piperazine rings is 1. The van der Waals surface area contributed by atoms with Gasteiger partial charge in [0.2, 0.25) is 5.91 Å². The van der Waals surface area contributed by atoms with Gasteiger partial charge in [0.1, 0.15) is 0 Å². The van der Waals surface area contributed by atoms with Crippen LogP contribution in [0.25, 0.3) is 0 Å². The smallest absolute Gasteiger partial charge is 0.258 e. The average molecular weight is 327 g/mol. The van der Waals surface area contributed by atoms with E-state index in [0.29, 0.717) is 5.56 Å². The zero-order valence-electron chi connectivity index (χ0n) is 13.9. The summed E-state index contributed by atoms with van der Waals surface area (Å²) in [6.07, 6.45) is 3.22. The molecule has 2 heterocycles. The Labute approximate surface area is 140 Å². The molecule has 7 nitrogen and oxygen atoms in total. The third kappa shape index (κ3) is 3.56. The maximum Gasteiger partial charge on any atom is 0.258 e. The van der Waals surface area contributed by atoms with Gasteiger partial charge in [0.25, 0.3) is 5.91 Å². The maximum absolute atomic E-state index is 12.2. The lowest BCUT2D eigenvalue weighted by atomic mass is 10.2. The highest BCUT2D eigenvalue weighted by Crippen LogP contribution is 2.21. The van der Waals surface area contributed by atoms with E-state index >= 15 is 0 Å². The quantitative estimate of drug-likeness (QED) is 0.923. The lowest BCUT2D eigenvalue weighted by Gasteiger charge is -2.35. The molecule has 0 radical (unpaired) electrons. The number of anilines is 2. The Morgan fingerprint density at radius 3 is 2.54 bits per heavy atom. The lowest BCUT2D eigenvalue weighted by Crippen LogP contribution is -2.48. The van der Waals surface area contributed by atoms with Gasteiger partial charge < -0.3 is 15.1 Å². The fraction of sp³-hybridized carbons (Fsp3) is 0.353. The molecule has 2 amide bonds. The first-order chi connectivity index (χ1) is 11.5. The van der Waals surface area contributed by atoms with E-state index < -0.39 is 0 Å². The second kappa shape index (κ2) is 6.74. The summed E-state index contributed by atoms with van der Waals surface area (Å²) in [5.41, 5.74) is 2.32. The Balaban J connectivity index is 1.66. The number of carbonyl (C=O) groups excluding carboxylic acids is 2. The van der Waals surface area contributed by atoms with Gasteiger partial charge in [-0.25, -0.2) is 0 Å². The lowest BCUT2D eigenvalue weighted by molar-refractivity contribution is -0.129. The van der Waals surface area contributed by atoms with Crippen LogP contribution in [0.4, 0.5) is 11.4 Å². The highest BCUT2D eigenvalue weighted by atomic mass is 16.2. The SMILES string of the molecule is CC(=O)N1CCN(c2cccc(NC(=O)c3cnn(C)c3)c2)CC1. The van der Waals surface area contributed by atoms with Gasteiger partial charge in [-0.05, 0) is 18.2 Å². The number of aryl methyl sites for hydroxylation is 1. The maximum atomic E-state index is 12.2. The van der Waals surface area contributed by atoms with Crippen LogP contribution < -0.4 is 10.2 Å². The molecule has 1 aliphatic rings. The van der Waals surface area contributed by atoms with E-state index in [1.54, 1.807) is 31.0 Å². The molecule has 1 aromatic carbocycles. The van der Waals surface area contributed by atoms with Crippen molar-refractivity contribution >= 4 is 23.2 Å². The van der Waals surface area contributed by atoms with E-state index in [-0.39, 0.29) is 11.8 Å². The minimum atomic E-state index is -0.179. The fourth-order valence-corrected chi connectivity index (χ4v) is 2.80. The van der Waals surface area contributed by atoms with E-state index in [4.69, 9.17) is 0 Å². The number of hydrogen-bond donors (Lipinski definition) is 1. The number of aromatic nitrogens is 2. The number of rotatable bonds is 3. The minimum Gasteiger partial charge on any atom is -0.368 e. The molecule has 3 rings (SSSR count). The zero-order valence-corrected chi connectivity index (χ0v) is 13.9. The third-order valence-corrected chi connectivity index (χ3v) is 4.16. The highest BCUT2D eigenvalue weighted by Gasteiger charge is 2.19. The topological polar surface area (TPSA) is 70.5 Å². The standard InChI is InChI=1S/C17H21N5O2/c1-13(23)21-6-8-22(9-7-21)16-5-3-4-15(10-16)19-17(24)14-11-18-20(2)12-14/h3-5,10-12H,6-9H2,1-2H3,(H,19,24). The summed E-state index contributed by atoms with van der Waals surface area (Å²) < 4.78 is 1.60. The van der Waals surface area contributed by atoms with E-state index in [1.165, 1.54) is 0 Å². The Morgan fingerprint density at radius 2 is 1.92 bits per heavy atom. The van der Waals surface area contributed by atoms with Crippen LogP contribution in [-0.2, 0) is 11.8 Å². The van der Waals surface area contributed by atoms with Crippen molar-refractivity contribution in [2.75, 3.05) is 36.4 Å². The van der Waals surface area contributed by atoms with Crippen molar-refractivity contribution in [3.63, 3.8) is 0 Å². The molecule has 1 fully saturated rings. The van der Waals surface area contributed by atoms with Crippen LogP contribution in [0, 0.1) is 0 Å². The molecule has 0 spiro atoms. The number of amides is 2. The Hall–Kier alpha value is -2.83. The van der Waals surface area contributed by atoms with E-state index in [1.807, 2.05) is 29.2 Å². The van der Waals surface area contributed by atoms with Gasteiger partial charge in [0.15, 0.2) is 0 Å². The summed E-state index contributed by atoms with van der Waals surface area (Å²) >= 11 is 0. The van der Waals surface area contributed by atoms with E-state index in [9.17, 15) is 9.59 Å². The molecule has 0 saturated carbocycles. The molecule has 0 unspecified atom stereocenters. The predicted molar refractivity (Wildman–Crippen MR) is 92.1 cm³/mol. The van der Waals surface area contributed by atoms with Crippen LogP contribution in [-0.4, -0.2) is 52.7 Å². The molecule has 1 saturated heterocycles. The van der Waals surface area contributed by atoms with Crippen LogP contribution in [0.3, 0.4) is 0 Å². The number of benzene rings is 1. The Kier molecular flexibility index (Phi) is 4.50. The van der Waals surface area contributed by atoms with E-state index in [2.05, 4.69) is 15.3 Å². The minimum absolute atomic E-state index is 0.118. The van der Waals surface area contributed by atoms with Crippen LogP contribution >= 0.6 is 0 Å². The van der Waals surface area contributed by atoms with Gasteiger partial charge in [0, 0.05) is 57.7 Å². The predicted octanol–water partition coefficient (Wildman–Crippen LogP) is 1.34. The number of nitrogens with zero attached hydrogens (tertiary/aromatic N) is 4. The molecule has 1 aliphatic heterocycles. The molecular weight excluding hydrogens is 306 g/mol. The third-order valence-electron chi connectivity index (χ3n) is 4.16. The Morgan fingerprint density at radius 1 is 1.17 bits per heavy atom. The van der Waals surface area contributed by atoms with Gasteiger partial charge in [-0.15, -0.1) is 0 Å². The Bertz CT molecular complexity index is 747. The molecular formula is C17H21N5O2. The van der Waals surface area contributed by atoms with Crippen molar-refractivity contribution in [2.45, 2.75) is 6.92 Å². The normalized spacial score (nSPS) is 14.6. The zero-order chi connectivity index (χ0) is 17.1. The monoisotopic (exact) mass is 327 g/mol.